The first-order chi connectivity index (χ1) is 9.97. The molecule has 0 aliphatic rings. The average molecular weight is 350 g/mol. The number of thioether (sulfide) groups is 1. The molecular weight excluding hydrogens is 322 g/mol. The molecule has 0 radical (unpaired) electrons. The Kier molecular flexibility index (Phi) is 10.6. The van der Waals surface area contributed by atoms with E-state index < -0.39 is 0 Å². The number of nitrogens with zero attached hydrogens (tertiary/aromatic N) is 2. The molecule has 0 spiro atoms. The summed E-state index contributed by atoms with van der Waals surface area (Å²) >= 11 is 1.47. The number of H-pyrrole nitrogens is 1. The van der Waals surface area contributed by atoms with Crippen LogP contribution in [0.3, 0.4) is 0 Å². The number of aromatic hydroxyl groups is 1. The van der Waals surface area contributed by atoms with Gasteiger partial charge in [0.25, 0.3) is 5.56 Å². The summed E-state index contributed by atoms with van der Waals surface area (Å²) in [7, 11) is 0. The van der Waals surface area contributed by atoms with E-state index in [9.17, 15) is 9.90 Å². The van der Waals surface area contributed by atoms with E-state index in [4.69, 9.17) is 0 Å². The van der Waals surface area contributed by atoms with Gasteiger partial charge in [-0.2, -0.15) is 4.98 Å². The van der Waals surface area contributed by atoms with E-state index in [-0.39, 0.29) is 23.8 Å². The summed E-state index contributed by atoms with van der Waals surface area (Å²) in [5.41, 5.74) is 0.185. The zero-order valence-corrected chi connectivity index (χ0v) is 15.5. The molecule has 0 bridgehead atoms. The second-order valence-corrected chi connectivity index (χ2v) is 6.56. The topological polar surface area (TPSA) is 69.2 Å². The van der Waals surface area contributed by atoms with Crippen LogP contribution in [0.1, 0.15) is 39.7 Å². The van der Waals surface area contributed by atoms with Crippen molar-refractivity contribution in [3.8, 4) is 5.88 Å². The lowest BCUT2D eigenvalue weighted by molar-refractivity contribution is 0.324. The molecule has 0 aliphatic heterocycles. The number of hydrogen-bond donors (Lipinski definition) is 2. The molecule has 0 aromatic carbocycles. The third kappa shape index (κ3) is 7.03. The number of aromatic nitrogens is 2. The minimum Gasteiger partial charge on any atom is -0.493 e. The number of halogens is 1. The molecular formula is C15H28ClN3O2S. The SMILES string of the molecule is CCN(CC)CCSc1nc(O)c(CCC(C)C)c(=O)[nH]1.Cl. The molecule has 1 rings (SSSR count). The van der Waals surface area contributed by atoms with E-state index in [0.717, 1.165) is 31.8 Å². The van der Waals surface area contributed by atoms with Crippen molar-refractivity contribution in [3.63, 3.8) is 0 Å². The van der Waals surface area contributed by atoms with Crippen molar-refractivity contribution in [1.82, 2.24) is 14.9 Å². The Morgan fingerprint density at radius 1 is 1.32 bits per heavy atom. The van der Waals surface area contributed by atoms with Crippen LogP contribution in [0.4, 0.5) is 0 Å². The molecule has 0 saturated heterocycles. The van der Waals surface area contributed by atoms with Crippen molar-refractivity contribution in [2.75, 3.05) is 25.4 Å². The highest BCUT2D eigenvalue weighted by molar-refractivity contribution is 7.99. The van der Waals surface area contributed by atoms with Crippen molar-refractivity contribution in [3.05, 3.63) is 15.9 Å². The molecule has 1 aromatic rings. The van der Waals surface area contributed by atoms with Crippen LogP contribution in [0.15, 0.2) is 9.95 Å². The van der Waals surface area contributed by atoms with Gasteiger partial charge >= 0.3 is 0 Å². The van der Waals surface area contributed by atoms with Crippen LogP contribution < -0.4 is 5.56 Å². The smallest absolute Gasteiger partial charge is 0.258 e. The van der Waals surface area contributed by atoms with Crippen LogP contribution in [-0.4, -0.2) is 45.4 Å². The quantitative estimate of drug-likeness (QED) is 0.530. The summed E-state index contributed by atoms with van der Waals surface area (Å²) in [6, 6.07) is 0. The van der Waals surface area contributed by atoms with Gasteiger partial charge in [-0.05, 0) is 31.8 Å². The van der Waals surface area contributed by atoms with Crippen LogP contribution in [0.25, 0.3) is 0 Å². The predicted octanol–water partition coefficient (Wildman–Crippen LogP) is 2.92. The van der Waals surface area contributed by atoms with E-state index in [1.165, 1.54) is 11.8 Å². The monoisotopic (exact) mass is 349 g/mol. The van der Waals surface area contributed by atoms with Crippen molar-refractivity contribution < 1.29 is 5.11 Å². The van der Waals surface area contributed by atoms with Crippen molar-refractivity contribution in [2.24, 2.45) is 5.92 Å². The normalized spacial score (nSPS) is 11.0. The van der Waals surface area contributed by atoms with Crippen molar-refractivity contribution in [1.29, 1.82) is 0 Å². The second kappa shape index (κ2) is 10.9. The summed E-state index contributed by atoms with van der Waals surface area (Å²) in [5, 5.41) is 10.4. The van der Waals surface area contributed by atoms with E-state index >= 15 is 0 Å². The minimum absolute atomic E-state index is 0. The van der Waals surface area contributed by atoms with Gasteiger partial charge in [0, 0.05) is 12.3 Å². The lowest BCUT2D eigenvalue weighted by Crippen LogP contribution is -2.25. The summed E-state index contributed by atoms with van der Waals surface area (Å²) in [4.78, 5) is 21.2. The van der Waals surface area contributed by atoms with Crippen molar-refractivity contribution in [2.45, 2.75) is 45.7 Å². The van der Waals surface area contributed by atoms with E-state index in [0.29, 0.717) is 23.1 Å². The Morgan fingerprint density at radius 3 is 2.45 bits per heavy atom. The molecule has 0 saturated carbocycles. The molecule has 0 aliphatic carbocycles. The third-order valence-electron chi connectivity index (χ3n) is 3.48. The maximum absolute atomic E-state index is 12.0. The first-order valence-corrected chi connectivity index (χ1v) is 8.63. The van der Waals surface area contributed by atoms with E-state index in [1.807, 2.05) is 0 Å². The number of nitrogens with one attached hydrogen (secondary N) is 1. The fraction of sp³-hybridized carbons (Fsp3) is 0.733. The molecule has 22 heavy (non-hydrogen) atoms. The zero-order valence-electron chi connectivity index (χ0n) is 13.9. The van der Waals surface area contributed by atoms with Crippen LogP contribution in [0.2, 0.25) is 0 Å². The molecule has 0 atom stereocenters. The molecule has 2 N–H and O–H groups in total. The van der Waals surface area contributed by atoms with Gasteiger partial charge in [-0.25, -0.2) is 0 Å². The van der Waals surface area contributed by atoms with Crippen LogP contribution in [-0.2, 0) is 6.42 Å². The van der Waals surface area contributed by atoms with Gasteiger partial charge in [0.05, 0.1) is 5.56 Å². The highest BCUT2D eigenvalue weighted by Crippen LogP contribution is 2.18. The number of rotatable bonds is 9. The van der Waals surface area contributed by atoms with Gasteiger partial charge in [-0.1, -0.05) is 39.5 Å². The highest BCUT2D eigenvalue weighted by atomic mass is 35.5. The molecule has 0 unspecified atom stereocenters. The van der Waals surface area contributed by atoms with Gasteiger partial charge in [0.2, 0.25) is 5.88 Å². The maximum atomic E-state index is 12.0. The molecule has 5 nitrogen and oxygen atoms in total. The lowest BCUT2D eigenvalue weighted by Gasteiger charge is -2.17. The Labute approximate surface area is 143 Å². The Morgan fingerprint density at radius 2 is 1.95 bits per heavy atom. The second-order valence-electron chi connectivity index (χ2n) is 5.48. The largest absolute Gasteiger partial charge is 0.493 e. The highest BCUT2D eigenvalue weighted by Gasteiger charge is 2.12. The maximum Gasteiger partial charge on any atom is 0.258 e. The Bertz CT molecular complexity index is 490. The first-order valence-electron chi connectivity index (χ1n) is 7.65. The Hall–Kier alpha value is -0.720. The average Bonchev–Trinajstić information content (AvgIpc) is 2.42. The molecule has 0 amide bonds. The van der Waals surface area contributed by atoms with Crippen LogP contribution in [0.5, 0.6) is 5.88 Å². The van der Waals surface area contributed by atoms with Gasteiger partial charge in [-0.15, -0.1) is 12.4 Å². The fourth-order valence-electron chi connectivity index (χ4n) is 2.00. The van der Waals surface area contributed by atoms with Gasteiger partial charge in [0.15, 0.2) is 5.16 Å². The molecule has 7 heteroatoms. The summed E-state index contributed by atoms with van der Waals surface area (Å²) in [5.74, 6) is 1.21. The molecule has 128 valence electrons. The first kappa shape index (κ1) is 21.3. The lowest BCUT2D eigenvalue weighted by atomic mass is 10.0. The Balaban J connectivity index is 0.00000441. The van der Waals surface area contributed by atoms with Crippen LogP contribution in [0, 0.1) is 5.92 Å². The minimum atomic E-state index is -0.214. The fourth-order valence-corrected chi connectivity index (χ4v) is 2.86. The van der Waals surface area contributed by atoms with E-state index in [1.54, 1.807) is 0 Å². The van der Waals surface area contributed by atoms with Gasteiger partial charge in [0.1, 0.15) is 0 Å². The zero-order chi connectivity index (χ0) is 15.8. The number of aromatic amines is 1. The molecule has 0 fully saturated rings. The van der Waals surface area contributed by atoms with Crippen molar-refractivity contribution >= 4 is 24.2 Å². The van der Waals surface area contributed by atoms with E-state index in [2.05, 4.69) is 42.6 Å². The third-order valence-corrected chi connectivity index (χ3v) is 4.34. The van der Waals surface area contributed by atoms with Crippen LogP contribution >= 0.6 is 24.2 Å². The molecule has 1 aromatic heterocycles. The van der Waals surface area contributed by atoms with Gasteiger partial charge < -0.3 is 15.0 Å². The molecule has 1 heterocycles. The predicted molar refractivity (Wildman–Crippen MR) is 95.4 cm³/mol. The standard InChI is InChI=1S/C15H27N3O2S.ClH/c1-5-18(6-2)9-10-21-15-16-13(19)12(14(20)17-15)8-7-11(3)4;/h11H,5-10H2,1-4H3,(H2,16,17,19,20);1H. The summed E-state index contributed by atoms with van der Waals surface area (Å²) in [6.45, 7) is 11.4. The summed E-state index contributed by atoms with van der Waals surface area (Å²) in [6.07, 6.45) is 1.43. The van der Waals surface area contributed by atoms with Gasteiger partial charge in [-0.3, -0.25) is 4.79 Å². The summed E-state index contributed by atoms with van der Waals surface area (Å²) < 4.78 is 0. The number of hydrogen-bond acceptors (Lipinski definition) is 5.